The molecule has 1 amide bonds. The first-order chi connectivity index (χ1) is 12.7. The van der Waals surface area contributed by atoms with Crippen molar-refractivity contribution in [3.8, 4) is 5.75 Å². The van der Waals surface area contributed by atoms with Crippen LogP contribution < -0.4 is 15.0 Å². The van der Waals surface area contributed by atoms with Gasteiger partial charge in [0.1, 0.15) is 5.75 Å². The van der Waals surface area contributed by atoms with Gasteiger partial charge in [-0.15, -0.1) is 6.58 Å². The molecule has 6 heteroatoms. The molecule has 0 aliphatic carbocycles. The van der Waals surface area contributed by atoms with Crippen LogP contribution in [0.5, 0.6) is 5.75 Å². The second kappa shape index (κ2) is 8.38. The molecule has 1 N–H and O–H groups in total. The van der Waals surface area contributed by atoms with E-state index in [1.165, 1.54) is 0 Å². The van der Waals surface area contributed by atoms with Gasteiger partial charge in [-0.2, -0.15) is 0 Å². The molecule has 6 nitrogen and oxygen atoms in total. The molecule has 1 aromatic heterocycles. The topological polar surface area (TPSA) is 57.7 Å². The first kappa shape index (κ1) is 17.8. The molecule has 2 heterocycles. The molecule has 1 aromatic carbocycles. The molecule has 1 aliphatic heterocycles. The molecule has 0 spiro atoms. The molecule has 1 fully saturated rings. The number of rotatable bonds is 6. The zero-order valence-electron chi connectivity index (χ0n) is 15.0. The van der Waals surface area contributed by atoms with Crippen molar-refractivity contribution < 1.29 is 9.53 Å². The number of methoxy groups -OCH3 is 1. The molecule has 0 bridgehead atoms. The van der Waals surface area contributed by atoms with Crippen LogP contribution in [-0.2, 0) is 0 Å². The van der Waals surface area contributed by atoms with Crippen LogP contribution >= 0.6 is 0 Å². The molecule has 0 atom stereocenters. The summed E-state index contributed by atoms with van der Waals surface area (Å²) in [6.45, 7) is 7.31. The fourth-order valence-electron chi connectivity index (χ4n) is 2.99. The molecule has 3 rings (SSSR count). The van der Waals surface area contributed by atoms with Crippen LogP contribution in [0.15, 0.2) is 55.4 Å². The van der Waals surface area contributed by atoms with Gasteiger partial charge in [0.05, 0.1) is 18.4 Å². The van der Waals surface area contributed by atoms with Crippen molar-refractivity contribution in [1.29, 1.82) is 0 Å². The third-order valence-corrected chi connectivity index (χ3v) is 4.44. The number of piperazine rings is 1. The van der Waals surface area contributed by atoms with E-state index in [4.69, 9.17) is 4.74 Å². The summed E-state index contributed by atoms with van der Waals surface area (Å²) in [5.41, 5.74) is 2.58. The molecule has 1 aliphatic rings. The maximum Gasteiger partial charge on any atom is 0.255 e. The Morgan fingerprint density at radius 3 is 2.62 bits per heavy atom. The van der Waals surface area contributed by atoms with Crippen molar-refractivity contribution in [2.45, 2.75) is 0 Å². The van der Waals surface area contributed by atoms with Crippen LogP contribution in [0.2, 0.25) is 0 Å². The summed E-state index contributed by atoms with van der Waals surface area (Å²) in [6, 6.07) is 9.86. The van der Waals surface area contributed by atoms with E-state index < -0.39 is 0 Å². The number of carbonyl (C=O) groups excluding carboxylic acids is 1. The predicted octanol–water partition coefficient (Wildman–Crippen LogP) is 2.65. The number of nitrogens with one attached hydrogen (secondary N) is 1. The first-order valence-corrected chi connectivity index (χ1v) is 8.69. The molecule has 136 valence electrons. The second-order valence-electron chi connectivity index (χ2n) is 6.11. The number of carbonyl (C=O) groups is 1. The maximum absolute atomic E-state index is 12.8. The Morgan fingerprint density at radius 2 is 1.96 bits per heavy atom. The first-order valence-electron chi connectivity index (χ1n) is 8.69. The zero-order valence-corrected chi connectivity index (χ0v) is 15.0. The normalized spacial score (nSPS) is 14.0. The number of amides is 1. The SMILES string of the molecule is C=CCNc1cncc(C(=O)N2CCN(c3ccc(OC)cc3)CC2)c1. The van der Waals surface area contributed by atoms with Gasteiger partial charge in [0.15, 0.2) is 0 Å². The minimum Gasteiger partial charge on any atom is -0.497 e. The van der Waals surface area contributed by atoms with Crippen LogP contribution in [0.25, 0.3) is 0 Å². The number of nitrogens with zero attached hydrogens (tertiary/aromatic N) is 3. The number of anilines is 2. The summed E-state index contributed by atoms with van der Waals surface area (Å²) in [5.74, 6) is 0.870. The number of aromatic nitrogens is 1. The van der Waals surface area contributed by atoms with Crippen molar-refractivity contribution in [2.24, 2.45) is 0 Å². The number of pyridine rings is 1. The molecule has 1 saturated heterocycles. The lowest BCUT2D eigenvalue weighted by Gasteiger charge is -2.36. The number of hydrogen-bond donors (Lipinski definition) is 1. The minimum atomic E-state index is 0.0223. The largest absolute Gasteiger partial charge is 0.497 e. The zero-order chi connectivity index (χ0) is 18.4. The van der Waals surface area contributed by atoms with E-state index in [9.17, 15) is 4.79 Å². The Bertz CT molecular complexity index is 753. The van der Waals surface area contributed by atoms with Crippen molar-refractivity contribution >= 4 is 17.3 Å². The van der Waals surface area contributed by atoms with E-state index >= 15 is 0 Å². The van der Waals surface area contributed by atoms with Crippen LogP contribution in [0, 0.1) is 0 Å². The molecule has 0 unspecified atom stereocenters. The number of hydrogen-bond acceptors (Lipinski definition) is 5. The van der Waals surface area contributed by atoms with Crippen molar-refractivity contribution in [3.63, 3.8) is 0 Å². The van der Waals surface area contributed by atoms with Crippen molar-refractivity contribution in [3.05, 3.63) is 60.9 Å². The van der Waals surface area contributed by atoms with Crippen molar-refractivity contribution in [2.75, 3.05) is 50.1 Å². The van der Waals surface area contributed by atoms with E-state index in [0.29, 0.717) is 25.2 Å². The highest BCUT2D eigenvalue weighted by Gasteiger charge is 2.22. The van der Waals surface area contributed by atoms with Crippen LogP contribution in [0.3, 0.4) is 0 Å². The quantitative estimate of drug-likeness (QED) is 0.810. The van der Waals surface area contributed by atoms with Crippen molar-refractivity contribution in [1.82, 2.24) is 9.88 Å². The summed E-state index contributed by atoms with van der Waals surface area (Å²) in [6.07, 6.45) is 5.10. The van der Waals surface area contributed by atoms with E-state index in [0.717, 1.165) is 30.2 Å². The number of benzene rings is 1. The average molecular weight is 352 g/mol. The highest BCUT2D eigenvalue weighted by atomic mass is 16.5. The standard InChI is InChI=1S/C20H24N4O2/c1-3-8-22-17-13-16(14-21-15-17)20(25)24-11-9-23(10-12-24)18-4-6-19(26-2)7-5-18/h3-7,13-15,22H,1,8-12H2,2H3. The lowest BCUT2D eigenvalue weighted by molar-refractivity contribution is 0.0746. The van der Waals surface area contributed by atoms with Gasteiger partial charge in [-0.25, -0.2) is 0 Å². The van der Waals surface area contributed by atoms with E-state index in [-0.39, 0.29) is 5.91 Å². The molecule has 0 saturated carbocycles. The Kier molecular flexibility index (Phi) is 5.73. The van der Waals surface area contributed by atoms with E-state index in [2.05, 4.69) is 33.9 Å². The van der Waals surface area contributed by atoms with Crippen LogP contribution in [0.1, 0.15) is 10.4 Å². The number of ether oxygens (including phenoxy) is 1. The second-order valence-corrected chi connectivity index (χ2v) is 6.11. The maximum atomic E-state index is 12.8. The fraction of sp³-hybridized carbons (Fsp3) is 0.300. The monoisotopic (exact) mass is 352 g/mol. The van der Waals surface area contributed by atoms with Crippen LogP contribution in [-0.4, -0.2) is 55.6 Å². The Labute approximate surface area is 154 Å². The fourth-order valence-corrected chi connectivity index (χ4v) is 2.99. The van der Waals surface area contributed by atoms with E-state index in [1.54, 1.807) is 25.6 Å². The van der Waals surface area contributed by atoms with Gasteiger partial charge in [-0.3, -0.25) is 9.78 Å². The lowest BCUT2D eigenvalue weighted by Crippen LogP contribution is -2.48. The lowest BCUT2D eigenvalue weighted by atomic mass is 10.2. The van der Waals surface area contributed by atoms with Gasteiger partial charge in [-0.1, -0.05) is 6.08 Å². The summed E-state index contributed by atoms with van der Waals surface area (Å²) in [5, 5.41) is 3.16. The summed E-state index contributed by atoms with van der Waals surface area (Å²) < 4.78 is 5.20. The van der Waals surface area contributed by atoms with Gasteiger partial charge >= 0.3 is 0 Å². The predicted molar refractivity (Wildman–Crippen MR) is 104 cm³/mol. The summed E-state index contributed by atoms with van der Waals surface area (Å²) in [7, 11) is 1.66. The molecule has 2 aromatic rings. The molecule has 26 heavy (non-hydrogen) atoms. The van der Waals surface area contributed by atoms with Gasteiger partial charge < -0.3 is 19.9 Å². The molecular weight excluding hydrogens is 328 g/mol. The highest BCUT2D eigenvalue weighted by Crippen LogP contribution is 2.21. The third kappa shape index (κ3) is 4.14. The average Bonchev–Trinajstić information content (AvgIpc) is 2.72. The van der Waals surface area contributed by atoms with Crippen LogP contribution in [0.4, 0.5) is 11.4 Å². The smallest absolute Gasteiger partial charge is 0.255 e. The Morgan fingerprint density at radius 1 is 1.23 bits per heavy atom. The van der Waals surface area contributed by atoms with Gasteiger partial charge in [0.25, 0.3) is 5.91 Å². The Balaban J connectivity index is 1.60. The summed E-state index contributed by atoms with van der Waals surface area (Å²) in [4.78, 5) is 21.1. The highest BCUT2D eigenvalue weighted by molar-refractivity contribution is 5.95. The summed E-state index contributed by atoms with van der Waals surface area (Å²) >= 11 is 0. The van der Waals surface area contributed by atoms with Gasteiger partial charge in [0, 0.05) is 50.8 Å². The van der Waals surface area contributed by atoms with Gasteiger partial charge in [0.2, 0.25) is 0 Å². The third-order valence-electron chi connectivity index (χ3n) is 4.44. The van der Waals surface area contributed by atoms with Gasteiger partial charge in [-0.05, 0) is 30.3 Å². The molecular formula is C20H24N4O2. The molecule has 0 radical (unpaired) electrons. The Hall–Kier alpha value is -3.02. The minimum absolute atomic E-state index is 0.0223. The van der Waals surface area contributed by atoms with E-state index in [1.807, 2.05) is 23.1 Å².